The zero-order valence-electron chi connectivity index (χ0n) is 16.6. The normalized spacial score (nSPS) is 16.3. The minimum absolute atomic E-state index is 0.102. The van der Waals surface area contributed by atoms with E-state index in [1.54, 1.807) is 27.6 Å². The highest BCUT2D eigenvalue weighted by atomic mass is 127. The number of pyridine rings is 1. The van der Waals surface area contributed by atoms with Gasteiger partial charge in [0.2, 0.25) is 0 Å². The van der Waals surface area contributed by atoms with Crippen LogP contribution in [0.25, 0.3) is 16.6 Å². The lowest BCUT2D eigenvalue weighted by Crippen LogP contribution is -2.49. The molecule has 8 heteroatoms. The average molecular weight is 513 g/mol. The van der Waals surface area contributed by atoms with Crippen LogP contribution in [0.15, 0.2) is 53.8 Å². The van der Waals surface area contributed by atoms with Gasteiger partial charge in [0.1, 0.15) is 11.4 Å². The van der Waals surface area contributed by atoms with E-state index in [9.17, 15) is 9.59 Å². The van der Waals surface area contributed by atoms with Crippen molar-refractivity contribution in [1.29, 1.82) is 0 Å². The number of para-hydroxylation sites is 1. The van der Waals surface area contributed by atoms with Crippen LogP contribution in [-0.4, -0.2) is 36.0 Å². The fourth-order valence-electron chi connectivity index (χ4n) is 4.11. The van der Waals surface area contributed by atoms with Gasteiger partial charge in [0, 0.05) is 40.5 Å². The van der Waals surface area contributed by atoms with Crippen LogP contribution in [0.4, 0.5) is 0 Å². The van der Waals surface area contributed by atoms with Crippen LogP contribution in [-0.2, 0) is 13.1 Å². The predicted octanol–water partition coefficient (Wildman–Crippen LogP) is 3.47. The maximum atomic E-state index is 13.3. The van der Waals surface area contributed by atoms with Crippen molar-refractivity contribution in [3.63, 3.8) is 0 Å². The number of rotatable bonds is 3. The Morgan fingerprint density at radius 1 is 1.23 bits per heavy atom. The van der Waals surface area contributed by atoms with Crippen molar-refractivity contribution in [2.75, 3.05) is 0 Å². The highest BCUT2D eigenvalue weighted by Gasteiger charge is 2.31. The van der Waals surface area contributed by atoms with Gasteiger partial charge in [-0.2, -0.15) is 0 Å². The van der Waals surface area contributed by atoms with Gasteiger partial charge in [-0.25, -0.2) is 4.98 Å². The molecule has 0 unspecified atom stereocenters. The molecule has 3 aromatic heterocycles. The molecule has 1 atom stereocenters. The van der Waals surface area contributed by atoms with E-state index in [2.05, 4.69) is 44.7 Å². The van der Waals surface area contributed by atoms with Gasteiger partial charge in [-0.3, -0.25) is 9.59 Å². The molecule has 0 radical (unpaired) electrons. The molecule has 0 aliphatic carbocycles. The lowest BCUT2D eigenvalue weighted by atomic mass is 10.1. The third-order valence-corrected chi connectivity index (χ3v) is 6.59. The molecule has 1 N–H and O–H groups in total. The summed E-state index contributed by atoms with van der Waals surface area (Å²) in [6.45, 7) is 4.82. The van der Waals surface area contributed by atoms with Crippen LogP contribution in [0.1, 0.15) is 28.7 Å². The highest BCUT2D eigenvalue weighted by Crippen LogP contribution is 2.26. The number of nitrogens with one attached hydrogen (secondary N) is 1. The van der Waals surface area contributed by atoms with Crippen molar-refractivity contribution in [2.24, 2.45) is 0 Å². The Labute approximate surface area is 186 Å². The predicted molar refractivity (Wildman–Crippen MR) is 123 cm³/mol. The summed E-state index contributed by atoms with van der Waals surface area (Å²) in [5.41, 5.74) is 3.74. The van der Waals surface area contributed by atoms with Crippen molar-refractivity contribution in [1.82, 2.24) is 24.0 Å². The molecule has 4 heterocycles. The molecule has 0 spiro atoms. The third kappa shape index (κ3) is 2.97. The van der Waals surface area contributed by atoms with E-state index in [4.69, 9.17) is 0 Å². The van der Waals surface area contributed by atoms with E-state index in [0.717, 1.165) is 25.7 Å². The first-order valence-corrected chi connectivity index (χ1v) is 10.8. The second kappa shape index (κ2) is 7.12. The lowest BCUT2D eigenvalue weighted by Gasteiger charge is -2.35. The maximum Gasteiger partial charge on any atom is 0.275 e. The summed E-state index contributed by atoms with van der Waals surface area (Å²) in [4.78, 5) is 35.7. The van der Waals surface area contributed by atoms with Crippen LogP contribution in [0.2, 0.25) is 0 Å². The number of aromatic amines is 1. The molecule has 5 rings (SSSR count). The Balaban J connectivity index is 1.51. The summed E-state index contributed by atoms with van der Waals surface area (Å²) in [7, 11) is 0. The minimum atomic E-state index is -0.175. The standard InChI is InChI=1S/C22H20IN5O2/c1-13-9-26(12-25-13)18-6-7-19-22(30)27(14(2)10-28(19)21(18)29)11-15-8-24-20-16(15)4-3-5-17(20)23/h3-9,12,14,24H,10-11H2,1-2H3/t14-/m1/s1. The first-order chi connectivity index (χ1) is 14.4. The van der Waals surface area contributed by atoms with Crippen molar-refractivity contribution in [3.05, 3.63) is 79.9 Å². The van der Waals surface area contributed by atoms with Gasteiger partial charge < -0.3 is 19.0 Å². The Hall–Kier alpha value is -2.88. The smallest absolute Gasteiger partial charge is 0.275 e. The van der Waals surface area contributed by atoms with E-state index >= 15 is 0 Å². The number of H-pyrrole nitrogens is 1. The van der Waals surface area contributed by atoms with Crippen molar-refractivity contribution < 1.29 is 4.79 Å². The number of hydrogen-bond acceptors (Lipinski definition) is 3. The van der Waals surface area contributed by atoms with Crippen molar-refractivity contribution >= 4 is 39.4 Å². The van der Waals surface area contributed by atoms with Gasteiger partial charge in [-0.05, 0) is 60.2 Å². The molecule has 30 heavy (non-hydrogen) atoms. The van der Waals surface area contributed by atoms with Crippen LogP contribution in [0, 0.1) is 10.5 Å². The molecule has 4 aromatic rings. The first-order valence-electron chi connectivity index (χ1n) is 9.74. The average Bonchev–Trinajstić information content (AvgIpc) is 3.33. The quantitative estimate of drug-likeness (QED) is 0.427. The second-order valence-corrected chi connectivity index (χ2v) is 8.86. The monoisotopic (exact) mass is 513 g/mol. The third-order valence-electron chi connectivity index (χ3n) is 5.69. The largest absolute Gasteiger partial charge is 0.360 e. The van der Waals surface area contributed by atoms with Gasteiger partial charge in [0.15, 0.2) is 0 Å². The molecule has 7 nitrogen and oxygen atoms in total. The first kappa shape index (κ1) is 19.1. The Kier molecular flexibility index (Phi) is 4.53. The van der Waals surface area contributed by atoms with Gasteiger partial charge in [0.05, 0.1) is 17.5 Å². The van der Waals surface area contributed by atoms with E-state index in [1.807, 2.05) is 37.2 Å². The summed E-state index contributed by atoms with van der Waals surface area (Å²) in [6, 6.07) is 9.49. The number of amides is 1. The summed E-state index contributed by atoms with van der Waals surface area (Å²) in [6.07, 6.45) is 5.40. The highest BCUT2D eigenvalue weighted by molar-refractivity contribution is 14.1. The van der Waals surface area contributed by atoms with Crippen LogP contribution in [0.3, 0.4) is 0 Å². The Morgan fingerprint density at radius 3 is 2.83 bits per heavy atom. The van der Waals surface area contributed by atoms with Gasteiger partial charge in [-0.1, -0.05) is 12.1 Å². The number of imidazole rings is 1. The topological polar surface area (TPSA) is 75.9 Å². The number of halogens is 1. The number of fused-ring (bicyclic) bond motifs is 2. The number of carbonyl (C=O) groups excluding carboxylic acids is 1. The fourth-order valence-corrected chi connectivity index (χ4v) is 4.77. The molecule has 152 valence electrons. The fraction of sp³-hybridized carbons (Fsp3) is 0.227. The molecule has 1 amide bonds. The second-order valence-electron chi connectivity index (χ2n) is 7.70. The number of nitrogens with zero attached hydrogens (tertiary/aromatic N) is 4. The Bertz CT molecular complexity index is 1350. The molecular weight excluding hydrogens is 493 g/mol. The minimum Gasteiger partial charge on any atom is -0.360 e. The van der Waals surface area contributed by atoms with Gasteiger partial charge >= 0.3 is 0 Å². The molecule has 1 aliphatic rings. The van der Waals surface area contributed by atoms with Crippen LogP contribution >= 0.6 is 22.6 Å². The lowest BCUT2D eigenvalue weighted by molar-refractivity contribution is 0.0591. The number of carbonyl (C=O) groups is 1. The van der Waals surface area contributed by atoms with Crippen molar-refractivity contribution in [3.8, 4) is 5.69 Å². The van der Waals surface area contributed by atoms with Crippen molar-refractivity contribution in [2.45, 2.75) is 33.0 Å². The number of hydrogen-bond donors (Lipinski definition) is 1. The zero-order valence-corrected chi connectivity index (χ0v) is 18.8. The molecule has 1 aliphatic heterocycles. The molecule has 0 saturated carbocycles. The SMILES string of the molecule is Cc1cn(-c2ccc3n(c2=O)C[C@@H](C)N(Cc2c[nH]c4c(I)cccc24)C3=O)cn1. The van der Waals surface area contributed by atoms with Gasteiger partial charge in [0.25, 0.3) is 11.5 Å². The molecule has 0 fully saturated rings. The van der Waals surface area contributed by atoms with Crippen LogP contribution < -0.4 is 5.56 Å². The molecule has 1 aromatic carbocycles. The zero-order chi connectivity index (χ0) is 21.0. The van der Waals surface area contributed by atoms with Crippen LogP contribution in [0.5, 0.6) is 0 Å². The molecule has 0 saturated heterocycles. The summed E-state index contributed by atoms with van der Waals surface area (Å²) < 4.78 is 4.44. The van der Waals surface area contributed by atoms with E-state index in [0.29, 0.717) is 24.5 Å². The van der Waals surface area contributed by atoms with E-state index in [1.165, 1.54) is 0 Å². The number of aryl methyl sites for hydroxylation is 1. The molecule has 0 bridgehead atoms. The summed E-state index contributed by atoms with van der Waals surface area (Å²) in [5.74, 6) is -0.126. The van der Waals surface area contributed by atoms with E-state index in [-0.39, 0.29) is 17.5 Å². The number of aromatic nitrogens is 4. The Morgan fingerprint density at radius 2 is 2.07 bits per heavy atom. The van der Waals surface area contributed by atoms with E-state index < -0.39 is 0 Å². The molecular formula is C22H20IN5O2. The summed E-state index contributed by atoms with van der Waals surface area (Å²) in [5, 5.41) is 1.12. The van der Waals surface area contributed by atoms with Gasteiger partial charge in [-0.15, -0.1) is 0 Å². The summed E-state index contributed by atoms with van der Waals surface area (Å²) >= 11 is 2.31. The maximum absolute atomic E-state index is 13.3. The number of benzene rings is 1.